The molecule has 0 fully saturated rings. The predicted molar refractivity (Wildman–Crippen MR) is 130 cm³/mol. The summed E-state index contributed by atoms with van der Waals surface area (Å²) in [5.41, 5.74) is 6.39. The van der Waals surface area contributed by atoms with Crippen LogP contribution >= 0.6 is 11.3 Å². The molecular weight excluding hydrogens is 442 g/mol. The number of anilines is 2. The quantitative estimate of drug-likeness (QED) is 0.463. The lowest BCUT2D eigenvalue weighted by molar-refractivity contribution is 0.0986. The fourth-order valence-electron chi connectivity index (χ4n) is 3.43. The van der Waals surface area contributed by atoms with Crippen LogP contribution < -0.4 is 21.9 Å². The zero-order valence-electron chi connectivity index (χ0n) is 19.3. The van der Waals surface area contributed by atoms with E-state index in [1.54, 1.807) is 14.0 Å². The number of carbonyl (C=O) groups is 1. The summed E-state index contributed by atoms with van der Waals surface area (Å²) >= 11 is 1.30. The number of nitrogen functional groups attached to an aromatic ring is 1. The van der Waals surface area contributed by atoms with Gasteiger partial charge in [0.15, 0.2) is 5.69 Å². The summed E-state index contributed by atoms with van der Waals surface area (Å²) in [6.45, 7) is 6.53. The Kier molecular flexibility index (Phi) is 7.83. The van der Waals surface area contributed by atoms with Crippen molar-refractivity contribution in [1.82, 2.24) is 14.5 Å². The second kappa shape index (κ2) is 10.6. The molecule has 3 N–H and O–H groups in total. The van der Waals surface area contributed by atoms with Crippen LogP contribution in [0.3, 0.4) is 0 Å². The highest BCUT2D eigenvalue weighted by Gasteiger charge is 2.28. The minimum atomic E-state index is -0.709. The highest BCUT2D eigenvalue weighted by molar-refractivity contribution is 7.14. The number of rotatable bonds is 9. The van der Waals surface area contributed by atoms with Crippen LogP contribution in [0.25, 0.3) is 0 Å². The van der Waals surface area contributed by atoms with Gasteiger partial charge in [-0.15, -0.1) is 11.3 Å². The molecule has 0 bridgehead atoms. The van der Waals surface area contributed by atoms with Gasteiger partial charge in [-0.3, -0.25) is 24.0 Å². The van der Waals surface area contributed by atoms with E-state index in [4.69, 9.17) is 10.5 Å². The van der Waals surface area contributed by atoms with Crippen LogP contribution in [0.1, 0.15) is 52.1 Å². The number of carbonyl (C=O) groups excluding carboxylic acids is 1. The third-order valence-electron chi connectivity index (χ3n) is 5.14. The second-order valence-corrected chi connectivity index (χ2v) is 9.02. The summed E-state index contributed by atoms with van der Waals surface area (Å²) in [4.78, 5) is 47.7. The Balaban J connectivity index is 2.10. The first kappa shape index (κ1) is 24.4. The number of hydrogen-bond acceptors (Lipinski definition) is 7. The summed E-state index contributed by atoms with van der Waals surface area (Å²) in [7, 11) is 1.57. The molecule has 3 aromatic rings. The number of H-pyrrole nitrogens is 1. The maximum absolute atomic E-state index is 13.6. The largest absolute Gasteiger partial charge is 0.385 e. The third kappa shape index (κ3) is 5.40. The Labute approximate surface area is 195 Å². The van der Waals surface area contributed by atoms with Crippen LogP contribution in [-0.2, 0) is 11.3 Å². The number of aryl methyl sites for hydroxylation is 1. The SMILES string of the molecule is COCCCN(C(=O)c1sc(C(C)C)nc1C)c1c(N)n(Cc2ccccc2)c(=O)[nH]c1=O. The molecule has 1 aromatic carbocycles. The van der Waals surface area contributed by atoms with Crippen molar-refractivity contribution in [3.05, 3.63) is 72.3 Å². The van der Waals surface area contributed by atoms with Gasteiger partial charge < -0.3 is 10.5 Å². The van der Waals surface area contributed by atoms with Gasteiger partial charge in [0.25, 0.3) is 11.5 Å². The van der Waals surface area contributed by atoms with Crippen LogP contribution in [0.15, 0.2) is 39.9 Å². The number of nitrogens with one attached hydrogen (secondary N) is 1. The average Bonchev–Trinajstić information content (AvgIpc) is 3.18. The summed E-state index contributed by atoms with van der Waals surface area (Å²) in [5.74, 6) is -0.279. The van der Waals surface area contributed by atoms with Crippen molar-refractivity contribution < 1.29 is 9.53 Å². The van der Waals surface area contributed by atoms with Crippen molar-refractivity contribution in [3.8, 4) is 0 Å². The van der Waals surface area contributed by atoms with E-state index in [1.165, 1.54) is 20.8 Å². The second-order valence-electron chi connectivity index (χ2n) is 7.99. The van der Waals surface area contributed by atoms with E-state index in [-0.39, 0.29) is 36.4 Å². The van der Waals surface area contributed by atoms with Gasteiger partial charge in [-0.2, -0.15) is 0 Å². The molecule has 1 amide bonds. The van der Waals surface area contributed by atoms with Crippen molar-refractivity contribution in [3.63, 3.8) is 0 Å². The maximum Gasteiger partial charge on any atom is 0.330 e. The minimum Gasteiger partial charge on any atom is -0.385 e. The van der Waals surface area contributed by atoms with Gasteiger partial charge >= 0.3 is 5.69 Å². The van der Waals surface area contributed by atoms with E-state index in [0.717, 1.165) is 10.6 Å². The number of aromatic amines is 1. The lowest BCUT2D eigenvalue weighted by atomic mass is 10.2. The number of ether oxygens (including phenoxy) is 1. The highest BCUT2D eigenvalue weighted by atomic mass is 32.1. The summed E-state index contributed by atoms with van der Waals surface area (Å²) in [6, 6.07) is 9.27. The fraction of sp³-hybridized carbons (Fsp3) is 0.391. The van der Waals surface area contributed by atoms with Crippen LogP contribution in [0.2, 0.25) is 0 Å². The predicted octanol–water partition coefficient (Wildman–Crippen LogP) is 2.74. The van der Waals surface area contributed by atoms with Crippen molar-refractivity contribution in [2.24, 2.45) is 0 Å². The molecule has 10 heteroatoms. The number of nitrogens with zero attached hydrogens (tertiary/aromatic N) is 3. The normalized spacial score (nSPS) is 11.2. The average molecular weight is 472 g/mol. The number of aromatic nitrogens is 3. The molecule has 9 nitrogen and oxygen atoms in total. The van der Waals surface area contributed by atoms with Gasteiger partial charge in [0.2, 0.25) is 0 Å². The third-order valence-corrected chi connectivity index (χ3v) is 6.59. The molecule has 0 saturated carbocycles. The minimum absolute atomic E-state index is 0.0504. The molecule has 0 atom stereocenters. The van der Waals surface area contributed by atoms with Gasteiger partial charge in [0.1, 0.15) is 10.7 Å². The number of hydrogen-bond donors (Lipinski definition) is 2. The molecule has 0 aliphatic carbocycles. The van der Waals surface area contributed by atoms with Gasteiger partial charge in [-0.25, -0.2) is 9.78 Å². The summed E-state index contributed by atoms with van der Waals surface area (Å²) < 4.78 is 6.40. The van der Waals surface area contributed by atoms with Crippen molar-refractivity contribution in [2.75, 3.05) is 30.9 Å². The Bertz CT molecular complexity index is 1230. The molecule has 0 unspecified atom stereocenters. The summed E-state index contributed by atoms with van der Waals surface area (Å²) in [5, 5.41) is 0.837. The van der Waals surface area contributed by atoms with Crippen molar-refractivity contribution in [2.45, 2.75) is 39.7 Å². The van der Waals surface area contributed by atoms with Gasteiger partial charge in [-0.05, 0) is 18.9 Å². The topological polar surface area (TPSA) is 123 Å². The Morgan fingerprint density at radius 1 is 1.27 bits per heavy atom. The Morgan fingerprint density at radius 3 is 2.58 bits per heavy atom. The fourth-order valence-corrected chi connectivity index (χ4v) is 4.45. The van der Waals surface area contributed by atoms with E-state index in [9.17, 15) is 14.4 Å². The zero-order valence-corrected chi connectivity index (χ0v) is 20.1. The number of thiazole rings is 1. The number of methoxy groups -OCH3 is 1. The molecule has 2 heterocycles. The molecule has 2 aromatic heterocycles. The first-order chi connectivity index (χ1) is 15.7. The monoisotopic (exact) mass is 471 g/mol. The molecule has 0 saturated heterocycles. The summed E-state index contributed by atoms with van der Waals surface area (Å²) in [6.07, 6.45) is 0.480. The van der Waals surface area contributed by atoms with E-state index in [1.807, 2.05) is 44.2 Å². The Morgan fingerprint density at radius 2 is 1.97 bits per heavy atom. The maximum atomic E-state index is 13.6. The molecule has 176 valence electrons. The van der Waals surface area contributed by atoms with Crippen LogP contribution in [0.5, 0.6) is 0 Å². The molecule has 0 aliphatic heterocycles. The Hall–Kier alpha value is -3.24. The molecular formula is C23H29N5O4S. The van der Waals surface area contributed by atoms with E-state index in [0.29, 0.717) is 23.6 Å². The van der Waals surface area contributed by atoms with E-state index >= 15 is 0 Å². The number of benzene rings is 1. The standard InChI is InChI=1S/C23H29N5O4S/c1-14(2)21-25-15(3)18(33-21)22(30)27(11-8-12-32-4)17-19(24)28(23(31)26-20(17)29)13-16-9-6-5-7-10-16/h5-7,9-10,14H,8,11-13,24H2,1-4H3,(H,26,29,31). The molecule has 33 heavy (non-hydrogen) atoms. The van der Waals surface area contributed by atoms with Gasteiger partial charge in [-0.1, -0.05) is 44.2 Å². The van der Waals surface area contributed by atoms with Crippen LogP contribution in [0.4, 0.5) is 11.5 Å². The smallest absolute Gasteiger partial charge is 0.330 e. The first-order valence-corrected chi connectivity index (χ1v) is 11.5. The van der Waals surface area contributed by atoms with E-state index < -0.39 is 11.2 Å². The molecule has 0 radical (unpaired) electrons. The number of amides is 1. The molecule has 3 rings (SSSR count). The van der Waals surface area contributed by atoms with Crippen molar-refractivity contribution >= 4 is 28.7 Å². The van der Waals surface area contributed by atoms with Gasteiger partial charge in [0, 0.05) is 26.2 Å². The van der Waals surface area contributed by atoms with E-state index in [2.05, 4.69) is 9.97 Å². The van der Waals surface area contributed by atoms with Crippen molar-refractivity contribution in [1.29, 1.82) is 0 Å². The molecule has 0 spiro atoms. The van der Waals surface area contributed by atoms with Gasteiger partial charge in [0.05, 0.1) is 17.2 Å². The molecule has 0 aliphatic rings. The number of nitrogens with two attached hydrogens (primary N) is 1. The zero-order chi connectivity index (χ0) is 24.1. The lowest BCUT2D eigenvalue weighted by Gasteiger charge is -2.24. The highest BCUT2D eigenvalue weighted by Crippen LogP contribution is 2.28. The lowest BCUT2D eigenvalue weighted by Crippen LogP contribution is -2.42. The van der Waals surface area contributed by atoms with Crippen LogP contribution in [0, 0.1) is 6.92 Å². The van der Waals surface area contributed by atoms with Crippen LogP contribution in [-0.4, -0.2) is 40.7 Å². The first-order valence-electron chi connectivity index (χ1n) is 10.7.